The summed E-state index contributed by atoms with van der Waals surface area (Å²) in [7, 11) is 3.35. The number of hydrogen-bond donors (Lipinski definition) is 0. The third-order valence-corrected chi connectivity index (χ3v) is 3.15. The van der Waals surface area contributed by atoms with E-state index in [-0.39, 0.29) is 0 Å². The van der Waals surface area contributed by atoms with E-state index in [2.05, 4.69) is 32.6 Å². The topological polar surface area (TPSA) is 18.5 Å². The number of allylic oxidation sites excluding steroid dienone is 3. The van der Waals surface area contributed by atoms with Gasteiger partial charge in [-0.25, -0.2) is 0 Å². The van der Waals surface area contributed by atoms with Gasteiger partial charge in [0.1, 0.15) is 11.5 Å². The van der Waals surface area contributed by atoms with Gasteiger partial charge in [-0.3, -0.25) is 0 Å². The zero-order valence-electron chi connectivity index (χ0n) is 11.7. The highest BCUT2D eigenvalue weighted by Crippen LogP contribution is 2.36. The molecule has 0 aliphatic carbocycles. The molecule has 2 nitrogen and oxygen atoms in total. The highest BCUT2D eigenvalue weighted by atomic mass is 16.5. The van der Waals surface area contributed by atoms with E-state index in [9.17, 15) is 0 Å². The monoisotopic (exact) mass is 246 g/mol. The van der Waals surface area contributed by atoms with Crippen molar-refractivity contribution in [1.82, 2.24) is 0 Å². The molecular formula is C16H22O2. The molecule has 0 heterocycles. The molecule has 0 amide bonds. The van der Waals surface area contributed by atoms with Crippen LogP contribution in [0.3, 0.4) is 0 Å². The fourth-order valence-electron chi connectivity index (χ4n) is 2.20. The first-order chi connectivity index (χ1) is 8.67. The van der Waals surface area contributed by atoms with Gasteiger partial charge in [0.25, 0.3) is 0 Å². The van der Waals surface area contributed by atoms with Crippen LogP contribution in [0.1, 0.15) is 31.7 Å². The van der Waals surface area contributed by atoms with Crippen molar-refractivity contribution >= 4 is 0 Å². The molecule has 1 aromatic rings. The van der Waals surface area contributed by atoms with Crippen molar-refractivity contribution in [3.05, 3.63) is 48.1 Å². The van der Waals surface area contributed by atoms with Gasteiger partial charge in [0.2, 0.25) is 0 Å². The SMILES string of the molecule is C=CC=C(C)C(CC)c1ccc(OC)cc1OC. The van der Waals surface area contributed by atoms with Gasteiger partial charge >= 0.3 is 0 Å². The highest BCUT2D eigenvalue weighted by Gasteiger charge is 2.16. The summed E-state index contributed by atoms with van der Waals surface area (Å²) in [5, 5.41) is 0. The smallest absolute Gasteiger partial charge is 0.126 e. The molecule has 0 saturated carbocycles. The minimum atomic E-state index is 0.351. The Hall–Kier alpha value is -1.70. The normalized spacial score (nSPS) is 13.0. The van der Waals surface area contributed by atoms with Crippen LogP contribution in [0.5, 0.6) is 11.5 Å². The Labute approximate surface area is 110 Å². The lowest BCUT2D eigenvalue weighted by Gasteiger charge is -2.19. The number of hydrogen-bond acceptors (Lipinski definition) is 2. The maximum absolute atomic E-state index is 5.47. The molecular weight excluding hydrogens is 224 g/mol. The first-order valence-electron chi connectivity index (χ1n) is 6.19. The van der Waals surface area contributed by atoms with E-state index in [0.717, 1.165) is 17.9 Å². The van der Waals surface area contributed by atoms with Crippen molar-refractivity contribution in [2.75, 3.05) is 14.2 Å². The van der Waals surface area contributed by atoms with Gasteiger partial charge in [0.15, 0.2) is 0 Å². The molecule has 98 valence electrons. The predicted octanol–water partition coefficient (Wildman–Crippen LogP) is 4.33. The Balaban J connectivity index is 3.20. The average Bonchev–Trinajstić information content (AvgIpc) is 2.40. The maximum atomic E-state index is 5.47. The second-order valence-corrected chi connectivity index (χ2v) is 4.22. The molecule has 1 aromatic carbocycles. The Morgan fingerprint density at radius 1 is 1.33 bits per heavy atom. The quantitative estimate of drug-likeness (QED) is 0.695. The maximum Gasteiger partial charge on any atom is 0.126 e. The minimum Gasteiger partial charge on any atom is -0.497 e. The van der Waals surface area contributed by atoms with Crippen molar-refractivity contribution < 1.29 is 9.47 Å². The Morgan fingerprint density at radius 2 is 2.06 bits per heavy atom. The van der Waals surface area contributed by atoms with Crippen LogP contribution in [0, 0.1) is 0 Å². The molecule has 0 aliphatic heterocycles. The molecule has 0 bridgehead atoms. The summed E-state index contributed by atoms with van der Waals surface area (Å²) >= 11 is 0. The minimum absolute atomic E-state index is 0.351. The van der Waals surface area contributed by atoms with Gasteiger partial charge in [0.05, 0.1) is 14.2 Å². The van der Waals surface area contributed by atoms with Crippen molar-refractivity contribution in [3.8, 4) is 11.5 Å². The molecule has 0 spiro atoms. The van der Waals surface area contributed by atoms with E-state index < -0.39 is 0 Å². The number of methoxy groups -OCH3 is 2. The van der Waals surface area contributed by atoms with E-state index in [1.807, 2.05) is 18.2 Å². The zero-order chi connectivity index (χ0) is 13.5. The molecule has 0 N–H and O–H groups in total. The van der Waals surface area contributed by atoms with Crippen molar-refractivity contribution in [3.63, 3.8) is 0 Å². The van der Waals surface area contributed by atoms with Crippen LogP contribution >= 0.6 is 0 Å². The van der Waals surface area contributed by atoms with Crippen LogP contribution in [-0.2, 0) is 0 Å². The van der Waals surface area contributed by atoms with E-state index >= 15 is 0 Å². The van der Waals surface area contributed by atoms with Crippen LogP contribution in [0.4, 0.5) is 0 Å². The summed E-state index contributed by atoms with van der Waals surface area (Å²) in [6.45, 7) is 8.05. The predicted molar refractivity (Wildman–Crippen MR) is 76.5 cm³/mol. The molecule has 0 aromatic heterocycles. The zero-order valence-corrected chi connectivity index (χ0v) is 11.7. The van der Waals surface area contributed by atoms with E-state index in [0.29, 0.717) is 5.92 Å². The van der Waals surface area contributed by atoms with Gasteiger partial charge in [-0.15, -0.1) is 0 Å². The average molecular weight is 246 g/mol. The lowest BCUT2D eigenvalue weighted by atomic mass is 9.88. The number of rotatable bonds is 6. The molecule has 1 unspecified atom stereocenters. The van der Waals surface area contributed by atoms with E-state index in [1.165, 1.54) is 11.1 Å². The van der Waals surface area contributed by atoms with Crippen molar-refractivity contribution in [2.24, 2.45) is 0 Å². The van der Waals surface area contributed by atoms with Crippen LogP contribution < -0.4 is 9.47 Å². The number of ether oxygens (including phenoxy) is 2. The number of benzene rings is 1. The summed E-state index contributed by atoms with van der Waals surface area (Å²) in [5.41, 5.74) is 2.48. The standard InChI is InChI=1S/C16H22O2/c1-6-8-12(3)14(7-2)15-10-9-13(17-4)11-16(15)18-5/h6,8-11,14H,1,7H2,2-5H3. The first kappa shape index (κ1) is 14.4. The summed E-state index contributed by atoms with van der Waals surface area (Å²) in [6.07, 6.45) is 4.91. The molecule has 1 atom stereocenters. The molecule has 0 aliphatic rings. The van der Waals surface area contributed by atoms with Gasteiger partial charge in [-0.05, 0) is 19.4 Å². The van der Waals surface area contributed by atoms with Crippen LogP contribution in [0.2, 0.25) is 0 Å². The van der Waals surface area contributed by atoms with Crippen LogP contribution in [0.25, 0.3) is 0 Å². The Morgan fingerprint density at radius 3 is 2.56 bits per heavy atom. The summed E-state index contributed by atoms with van der Waals surface area (Å²) < 4.78 is 10.7. The lowest BCUT2D eigenvalue weighted by Crippen LogP contribution is -2.02. The summed E-state index contributed by atoms with van der Waals surface area (Å²) in [5.74, 6) is 2.04. The molecule has 0 fully saturated rings. The fourth-order valence-corrected chi connectivity index (χ4v) is 2.20. The van der Waals surface area contributed by atoms with Crippen molar-refractivity contribution in [1.29, 1.82) is 0 Å². The Bertz CT molecular complexity index is 433. The second kappa shape index (κ2) is 6.90. The molecule has 2 heteroatoms. The van der Waals surface area contributed by atoms with Gasteiger partial charge < -0.3 is 9.47 Å². The van der Waals surface area contributed by atoms with Gasteiger partial charge in [-0.2, -0.15) is 0 Å². The van der Waals surface area contributed by atoms with Crippen LogP contribution in [0.15, 0.2) is 42.5 Å². The summed E-state index contributed by atoms with van der Waals surface area (Å²) in [4.78, 5) is 0. The second-order valence-electron chi connectivity index (χ2n) is 4.22. The fraction of sp³-hybridized carbons (Fsp3) is 0.375. The van der Waals surface area contributed by atoms with E-state index in [4.69, 9.17) is 9.47 Å². The van der Waals surface area contributed by atoms with Gasteiger partial charge in [0, 0.05) is 17.5 Å². The largest absolute Gasteiger partial charge is 0.497 e. The van der Waals surface area contributed by atoms with E-state index in [1.54, 1.807) is 14.2 Å². The Kier molecular flexibility index (Phi) is 5.50. The molecule has 1 rings (SSSR count). The third-order valence-electron chi connectivity index (χ3n) is 3.15. The first-order valence-corrected chi connectivity index (χ1v) is 6.19. The lowest BCUT2D eigenvalue weighted by molar-refractivity contribution is 0.389. The molecule has 18 heavy (non-hydrogen) atoms. The molecule has 0 saturated heterocycles. The highest BCUT2D eigenvalue weighted by molar-refractivity contribution is 5.45. The van der Waals surface area contributed by atoms with Crippen molar-refractivity contribution in [2.45, 2.75) is 26.2 Å². The van der Waals surface area contributed by atoms with Crippen LogP contribution in [-0.4, -0.2) is 14.2 Å². The van der Waals surface area contributed by atoms with Gasteiger partial charge in [-0.1, -0.05) is 37.3 Å². The third kappa shape index (κ3) is 3.16. The summed E-state index contributed by atoms with van der Waals surface area (Å²) in [6, 6.07) is 5.98. The molecule has 0 radical (unpaired) electrons.